The standard InChI is InChI=1S/C35H30.2CH3.Zr/c1-23-21-27-17-11-19-29(25-13-7-5-8-14-25)31(27)33(23)35(3,4)34-24(2)22-28-18-12-20-30(32(28)34)26-15-9-6-10-16-26;;;/h5-22H,1-4H3;2*1H3;. The second-order valence-corrected chi connectivity index (χ2v) is 24.5. The Kier molecular flexibility index (Phi) is 5.35. The zero-order chi connectivity index (χ0) is 26.4. The number of fused-ring (bicyclic) bond motifs is 8. The summed E-state index contributed by atoms with van der Waals surface area (Å²) in [5, 5.41) is 0. The quantitative estimate of drug-likeness (QED) is 0.224. The summed E-state index contributed by atoms with van der Waals surface area (Å²) in [6.45, 7) is 10.00. The fraction of sp³-hybridized carbons (Fsp3) is 0.243. The van der Waals surface area contributed by atoms with Crippen LogP contribution in [-0.4, -0.2) is 0 Å². The van der Waals surface area contributed by atoms with Gasteiger partial charge in [0, 0.05) is 0 Å². The first-order valence-corrected chi connectivity index (χ1v) is 21.8. The molecule has 0 radical (unpaired) electrons. The predicted molar refractivity (Wildman–Crippen MR) is 160 cm³/mol. The van der Waals surface area contributed by atoms with Gasteiger partial charge in [-0.05, 0) is 0 Å². The van der Waals surface area contributed by atoms with Crippen molar-refractivity contribution < 1.29 is 20.3 Å². The van der Waals surface area contributed by atoms with Crippen molar-refractivity contribution in [1.82, 2.24) is 0 Å². The molecule has 2 aliphatic carbocycles. The van der Waals surface area contributed by atoms with Crippen LogP contribution < -0.4 is 0 Å². The Labute approximate surface area is 232 Å². The van der Waals surface area contributed by atoms with Crippen LogP contribution >= 0.6 is 0 Å². The molecule has 2 unspecified atom stereocenters. The summed E-state index contributed by atoms with van der Waals surface area (Å²) >= 11 is -2.89. The van der Waals surface area contributed by atoms with Crippen LogP contribution in [0.1, 0.15) is 57.2 Å². The molecule has 0 saturated heterocycles. The third kappa shape index (κ3) is 3.12. The van der Waals surface area contributed by atoms with Gasteiger partial charge in [-0.3, -0.25) is 0 Å². The van der Waals surface area contributed by atoms with Crippen molar-refractivity contribution in [3.63, 3.8) is 0 Å². The van der Waals surface area contributed by atoms with Gasteiger partial charge >= 0.3 is 234 Å². The van der Waals surface area contributed by atoms with Crippen molar-refractivity contribution in [2.24, 2.45) is 5.41 Å². The number of rotatable bonds is 2. The maximum absolute atomic E-state index is 2.89. The van der Waals surface area contributed by atoms with E-state index in [2.05, 4.69) is 134 Å². The molecule has 1 heterocycles. The Morgan fingerprint density at radius 3 is 1.32 bits per heavy atom. The summed E-state index contributed by atoms with van der Waals surface area (Å²) in [6.07, 6.45) is 0. The minimum atomic E-state index is -2.89. The fourth-order valence-corrected chi connectivity index (χ4v) is 21.0. The molecule has 38 heavy (non-hydrogen) atoms. The maximum atomic E-state index is 2.74. The molecule has 0 fully saturated rings. The first kappa shape index (κ1) is 24.3. The zero-order valence-electron chi connectivity index (χ0n) is 23.4. The van der Waals surface area contributed by atoms with Crippen LogP contribution in [0.4, 0.5) is 0 Å². The van der Waals surface area contributed by atoms with Crippen LogP contribution in [-0.2, 0) is 20.3 Å². The van der Waals surface area contributed by atoms with Gasteiger partial charge in [-0.15, -0.1) is 0 Å². The molecule has 1 aliphatic heterocycles. The summed E-state index contributed by atoms with van der Waals surface area (Å²) in [5.74, 6) is 0. The number of benzene rings is 4. The average Bonchev–Trinajstić information content (AvgIpc) is 3.41. The Balaban J connectivity index is 1.57. The molecule has 0 saturated carbocycles. The third-order valence-electron chi connectivity index (χ3n) is 9.88. The molecule has 0 aromatic heterocycles. The Morgan fingerprint density at radius 1 is 0.526 bits per heavy atom. The van der Waals surface area contributed by atoms with E-state index < -0.39 is 20.3 Å². The summed E-state index contributed by atoms with van der Waals surface area (Å²) in [7, 11) is 0. The second-order valence-electron chi connectivity index (χ2n) is 12.7. The van der Waals surface area contributed by atoms with Gasteiger partial charge in [0.05, 0.1) is 0 Å². The van der Waals surface area contributed by atoms with Crippen LogP contribution in [0.5, 0.6) is 0 Å². The van der Waals surface area contributed by atoms with Crippen molar-refractivity contribution in [1.29, 1.82) is 0 Å². The molecule has 0 nitrogen and oxygen atoms in total. The SMILES string of the molecule is CC1=C2c3c(-c4ccccc4)cccc3[CH]1[Zr]([CH3])([CH3])[CH]1C(C)=C(c3c(-c4ccccc4)cccc31)C2(C)C. The van der Waals surface area contributed by atoms with E-state index in [-0.39, 0.29) is 5.41 Å². The molecule has 0 N–H and O–H groups in total. The van der Waals surface area contributed by atoms with E-state index >= 15 is 0 Å². The van der Waals surface area contributed by atoms with E-state index in [1.54, 1.807) is 33.4 Å². The molecule has 0 amide bonds. The van der Waals surface area contributed by atoms with Crippen LogP contribution in [0.3, 0.4) is 0 Å². The van der Waals surface area contributed by atoms with E-state index in [1.807, 2.05) is 0 Å². The number of allylic oxidation sites excluding steroid dienone is 4. The van der Waals surface area contributed by atoms with E-state index in [1.165, 1.54) is 33.4 Å². The average molecular weight is 572 g/mol. The minimum absolute atomic E-state index is 0.0979. The van der Waals surface area contributed by atoms with E-state index in [0.717, 1.165) is 0 Å². The fourth-order valence-electron chi connectivity index (χ4n) is 8.87. The summed E-state index contributed by atoms with van der Waals surface area (Å²) < 4.78 is 6.65. The first-order chi connectivity index (χ1) is 18.2. The molecule has 7 rings (SSSR count). The second kappa shape index (κ2) is 8.37. The Morgan fingerprint density at radius 2 is 0.921 bits per heavy atom. The van der Waals surface area contributed by atoms with Crippen LogP contribution in [0.15, 0.2) is 108 Å². The first-order valence-electron chi connectivity index (χ1n) is 14.0. The van der Waals surface area contributed by atoms with Crippen LogP contribution in [0.2, 0.25) is 9.26 Å². The third-order valence-corrected chi connectivity index (χ3v) is 20.9. The van der Waals surface area contributed by atoms with E-state index in [4.69, 9.17) is 0 Å². The Hall–Kier alpha value is -2.76. The van der Waals surface area contributed by atoms with Gasteiger partial charge in [0.15, 0.2) is 0 Å². The van der Waals surface area contributed by atoms with Crippen molar-refractivity contribution in [3.05, 3.63) is 130 Å². The molecular weight excluding hydrogens is 536 g/mol. The van der Waals surface area contributed by atoms with Gasteiger partial charge < -0.3 is 0 Å². The monoisotopic (exact) mass is 570 g/mol. The van der Waals surface area contributed by atoms with Gasteiger partial charge in [-0.1, -0.05) is 0 Å². The van der Waals surface area contributed by atoms with Crippen molar-refractivity contribution in [3.8, 4) is 22.3 Å². The number of hydrogen-bond acceptors (Lipinski definition) is 0. The molecule has 2 atom stereocenters. The number of hydrogen-bond donors (Lipinski definition) is 0. The molecule has 0 spiro atoms. The van der Waals surface area contributed by atoms with Gasteiger partial charge in [0.25, 0.3) is 0 Å². The van der Waals surface area contributed by atoms with E-state index in [9.17, 15) is 0 Å². The molecule has 1 heteroatoms. The van der Waals surface area contributed by atoms with Crippen molar-refractivity contribution in [2.45, 2.75) is 44.2 Å². The topological polar surface area (TPSA) is 0 Å². The summed E-state index contributed by atoms with van der Waals surface area (Å²) in [6, 6.07) is 36.4. The molecule has 4 aromatic rings. The Bertz CT molecular complexity index is 1540. The summed E-state index contributed by atoms with van der Waals surface area (Å²) in [4.78, 5) is 0. The van der Waals surface area contributed by atoms with Gasteiger partial charge in [0.2, 0.25) is 0 Å². The van der Waals surface area contributed by atoms with Gasteiger partial charge in [-0.2, -0.15) is 0 Å². The molecule has 3 aliphatic rings. The van der Waals surface area contributed by atoms with Crippen LogP contribution in [0, 0.1) is 5.41 Å². The molecule has 188 valence electrons. The normalized spacial score (nSPS) is 22.2. The van der Waals surface area contributed by atoms with Gasteiger partial charge in [-0.25, -0.2) is 0 Å². The zero-order valence-corrected chi connectivity index (χ0v) is 25.9. The van der Waals surface area contributed by atoms with Crippen LogP contribution in [0.25, 0.3) is 33.4 Å². The predicted octanol–water partition coefficient (Wildman–Crippen LogP) is 10.7. The van der Waals surface area contributed by atoms with Crippen molar-refractivity contribution in [2.75, 3.05) is 0 Å². The molecule has 4 aromatic carbocycles. The molecule has 4 bridgehead atoms. The van der Waals surface area contributed by atoms with Crippen molar-refractivity contribution >= 4 is 11.1 Å². The molecular formula is C37H36Zr. The van der Waals surface area contributed by atoms with E-state index in [0.29, 0.717) is 7.25 Å². The van der Waals surface area contributed by atoms with Gasteiger partial charge in [0.1, 0.15) is 0 Å². The summed E-state index contributed by atoms with van der Waals surface area (Å²) in [5.41, 5.74) is 18.1.